The number of imide groups is 1. The van der Waals surface area contributed by atoms with Gasteiger partial charge in [-0.05, 0) is 23.3 Å². The van der Waals surface area contributed by atoms with Crippen molar-refractivity contribution in [1.29, 1.82) is 0 Å². The number of carbonyl (C=O) groups is 3. The first-order chi connectivity index (χ1) is 16.1. The van der Waals surface area contributed by atoms with Gasteiger partial charge in [0, 0.05) is 12.5 Å². The Hall–Kier alpha value is -3.77. The van der Waals surface area contributed by atoms with E-state index >= 15 is 0 Å². The van der Waals surface area contributed by atoms with Crippen LogP contribution in [0.1, 0.15) is 17.2 Å². The highest BCUT2D eigenvalue weighted by Crippen LogP contribution is 2.51. The molecule has 1 N–H and O–H groups in total. The normalized spacial score (nSPS) is 26.3. The average molecular weight is 440 g/mol. The van der Waals surface area contributed by atoms with Crippen LogP contribution in [0.2, 0.25) is 0 Å². The summed E-state index contributed by atoms with van der Waals surface area (Å²) < 4.78 is 5.15. The van der Waals surface area contributed by atoms with Crippen LogP contribution >= 0.6 is 0 Å². The Labute approximate surface area is 192 Å². The SMILES string of the molecule is COC(=O)[C@@H]1[C@H]2C(=O)N(c3ccccc3)C(=O)[C@@]2(Cc2ccccc2)N[C@H]1c1ccccc1. The Morgan fingerprint density at radius 1 is 0.909 bits per heavy atom. The lowest BCUT2D eigenvalue weighted by molar-refractivity contribution is -0.149. The summed E-state index contributed by atoms with van der Waals surface area (Å²) in [5.74, 6) is -2.98. The van der Waals surface area contributed by atoms with Gasteiger partial charge in [-0.25, -0.2) is 4.90 Å². The van der Waals surface area contributed by atoms with Gasteiger partial charge in [0.15, 0.2) is 0 Å². The first kappa shape index (κ1) is 21.1. The molecule has 0 bridgehead atoms. The number of benzene rings is 3. The second-order valence-corrected chi connectivity index (χ2v) is 8.51. The molecule has 2 fully saturated rings. The summed E-state index contributed by atoms with van der Waals surface area (Å²) in [5, 5.41) is 3.46. The van der Waals surface area contributed by atoms with Crippen LogP contribution in [0.25, 0.3) is 0 Å². The predicted molar refractivity (Wildman–Crippen MR) is 123 cm³/mol. The quantitative estimate of drug-likeness (QED) is 0.487. The van der Waals surface area contributed by atoms with Crippen LogP contribution in [0.5, 0.6) is 0 Å². The Balaban J connectivity index is 1.67. The van der Waals surface area contributed by atoms with Gasteiger partial charge in [0.2, 0.25) is 5.91 Å². The van der Waals surface area contributed by atoms with Gasteiger partial charge >= 0.3 is 5.97 Å². The van der Waals surface area contributed by atoms with E-state index < -0.39 is 29.4 Å². The van der Waals surface area contributed by atoms with Gasteiger partial charge in [-0.1, -0.05) is 78.9 Å². The van der Waals surface area contributed by atoms with E-state index in [4.69, 9.17) is 4.74 Å². The minimum atomic E-state index is -1.27. The van der Waals surface area contributed by atoms with E-state index in [1.54, 1.807) is 24.3 Å². The number of esters is 1. The molecule has 2 aliphatic rings. The number of para-hydroxylation sites is 1. The van der Waals surface area contributed by atoms with Gasteiger partial charge in [-0.15, -0.1) is 0 Å². The van der Waals surface area contributed by atoms with E-state index in [-0.39, 0.29) is 18.2 Å². The molecule has 0 aliphatic carbocycles. The average Bonchev–Trinajstić information content (AvgIpc) is 3.30. The van der Waals surface area contributed by atoms with Crippen molar-refractivity contribution >= 4 is 23.5 Å². The lowest BCUT2D eigenvalue weighted by atomic mass is 9.76. The summed E-state index contributed by atoms with van der Waals surface area (Å²) in [6.45, 7) is 0. The number of hydrogen-bond donors (Lipinski definition) is 1. The fraction of sp³-hybridized carbons (Fsp3) is 0.222. The number of methoxy groups -OCH3 is 1. The van der Waals surface area contributed by atoms with E-state index in [2.05, 4.69) is 5.32 Å². The fourth-order valence-electron chi connectivity index (χ4n) is 5.29. The Kier molecular flexibility index (Phi) is 5.30. The number of anilines is 1. The summed E-state index contributed by atoms with van der Waals surface area (Å²) in [6.07, 6.45) is 0.281. The Morgan fingerprint density at radius 3 is 2.09 bits per heavy atom. The number of carbonyl (C=O) groups excluding carboxylic acids is 3. The first-order valence-corrected chi connectivity index (χ1v) is 10.9. The molecule has 6 heteroatoms. The van der Waals surface area contributed by atoms with Crippen LogP contribution in [0.4, 0.5) is 5.69 Å². The molecule has 0 spiro atoms. The van der Waals surface area contributed by atoms with Crippen LogP contribution in [-0.4, -0.2) is 30.4 Å². The lowest BCUT2D eigenvalue weighted by Crippen LogP contribution is -2.53. The minimum Gasteiger partial charge on any atom is -0.469 e. The van der Waals surface area contributed by atoms with Crippen molar-refractivity contribution in [1.82, 2.24) is 5.32 Å². The van der Waals surface area contributed by atoms with Crippen molar-refractivity contribution in [3.63, 3.8) is 0 Å². The molecule has 2 amide bonds. The summed E-state index contributed by atoms with van der Waals surface area (Å²) in [6, 6.07) is 27.3. The van der Waals surface area contributed by atoms with Gasteiger partial charge in [-0.2, -0.15) is 0 Å². The highest BCUT2D eigenvalue weighted by atomic mass is 16.5. The maximum Gasteiger partial charge on any atom is 0.311 e. The van der Waals surface area contributed by atoms with Crippen molar-refractivity contribution in [2.75, 3.05) is 12.0 Å². The molecule has 166 valence electrons. The van der Waals surface area contributed by atoms with E-state index in [0.29, 0.717) is 5.69 Å². The van der Waals surface area contributed by atoms with Crippen LogP contribution in [0.3, 0.4) is 0 Å². The number of amides is 2. The molecule has 2 aliphatic heterocycles. The van der Waals surface area contributed by atoms with Crippen molar-refractivity contribution in [3.8, 4) is 0 Å². The van der Waals surface area contributed by atoms with Crippen LogP contribution in [0, 0.1) is 11.8 Å². The molecule has 3 aromatic rings. The topological polar surface area (TPSA) is 75.7 Å². The second kappa shape index (κ2) is 8.30. The Bertz CT molecular complexity index is 1180. The summed E-state index contributed by atoms with van der Waals surface area (Å²) in [7, 11) is 1.32. The minimum absolute atomic E-state index is 0.281. The van der Waals surface area contributed by atoms with Crippen molar-refractivity contribution < 1.29 is 19.1 Å². The molecule has 2 heterocycles. The maximum atomic E-state index is 14.0. The van der Waals surface area contributed by atoms with Crippen molar-refractivity contribution in [2.24, 2.45) is 11.8 Å². The fourth-order valence-corrected chi connectivity index (χ4v) is 5.29. The summed E-state index contributed by atoms with van der Waals surface area (Å²) in [5.41, 5.74) is 0.967. The third-order valence-electron chi connectivity index (χ3n) is 6.71. The third kappa shape index (κ3) is 3.34. The summed E-state index contributed by atoms with van der Waals surface area (Å²) in [4.78, 5) is 42.2. The number of hydrogen-bond acceptors (Lipinski definition) is 5. The monoisotopic (exact) mass is 440 g/mol. The largest absolute Gasteiger partial charge is 0.469 e. The molecule has 4 atom stereocenters. The zero-order valence-corrected chi connectivity index (χ0v) is 18.2. The zero-order valence-electron chi connectivity index (χ0n) is 18.2. The Morgan fingerprint density at radius 2 is 1.48 bits per heavy atom. The molecule has 0 aromatic heterocycles. The van der Waals surface area contributed by atoms with E-state index in [1.807, 2.05) is 66.7 Å². The predicted octanol–water partition coefficient (Wildman–Crippen LogP) is 3.29. The number of fused-ring (bicyclic) bond motifs is 1. The molecule has 0 saturated carbocycles. The number of rotatable bonds is 5. The van der Waals surface area contributed by atoms with Gasteiger partial charge in [0.05, 0.1) is 24.6 Å². The van der Waals surface area contributed by atoms with Crippen molar-refractivity contribution in [2.45, 2.75) is 18.0 Å². The van der Waals surface area contributed by atoms with Crippen LogP contribution in [-0.2, 0) is 25.5 Å². The third-order valence-corrected chi connectivity index (χ3v) is 6.71. The smallest absolute Gasteiger partial charge is 0.311 e. The van der Waals surface area contributed by atoms with Gasteiger partial charge in [0.25, 0.3) is 5.91 Å². The molecule has 6 nitrogen and oxygen atoms in total. The van der Waals surface area contributed by atoms with Gasteiger partial charge in [0.1, 0.15) is 5.54 Å². The standard InChI is InChI=1S/C27H24N2O4/c1-33-25(31)21-22-24(30)29(20-15-9-4-10-16-20)26(32)27(22,17-18-11-5-2-6-12-18)28-23(21)19-13-7-3-8-14-19/h2-16,21-23,28H,17H2,1H3/t21-,22+,23+,27+/m1/s1. The van der Waals surface area contributed by atoms with Gasteiger partial charge in [-0.3, -0.25) is 19.7 Å². The lowest BCUT2D eigenvalue weighted by Gasteiger charge is -2.28. The molecule has 5 rings (SSSR count). The van der Waals surface area contributed by atoms with E-state index in [9.17, 15) is 14.4 Å². The van der Waals surface area contributed by atoms with E-state index in [0.717, 1.165) is 11.1 Å². The second-order valence-electron chi connectivity index (χ2n) is 8.51. The molecule has 2 saturated heterocycles. The molecule has 33 heavy (non-hydrogen) atoms. The van der Waals surface area contributed by atoms with Gasteiger partial charge < -0.3 is 4.74 Å². The molecular formula is C27H24N2O4. The van der Waals surface area contributed by atoms with E-state index in [1.165, 1.54) is 12.0 Å². The van der Waals surface area contributed by atoms with Crippen LogP contribution < -0.4 is 10.2 Å². The molecule has 3 aromatic carbocycles. The van der Waals surface area contributed by atoms with Crippen molar-refractivity contribution in [3.05, 3.63) is 102 Å². The molecule has 0 radical (unpaired) electrons. The number of nitrogens with one attached hydrogen (secondary N) is 1. The van der Waals surface area contributed by atoms with Crippen LogP contribution in [0.15, 0.2) is 91.0 Å². The number of nitrogens with zero attached hydrogens (tertiary/aromatic N) is 1. The highest BCUT2D eigenvalue weighted by Gasteiger charge is 2.69. The molecule has 0 unspecified atom stereocenters. The number of ether oxygens (including phenoxy) is 1. The first-order valence-electron chi connectivity index (χ1n) is 10.9. The maximum absolute atomic E-state index is 14.0. The summed E-state index contributed by atoms with van der Waals surface area (Å²) >= 11 is 0. The molecular weight excluding hydrogens is 416 g/mol. The highest BCUT2D eigenvalue weighted by molar-refractivity contribution is 6.26. The zero-order chi connectivity index (χ0) is 23.0.